The Morgan fingerprint density at radius 2 is 1.93 bits per heavy atom. The average Bonchev–Trinajstić information content (AvgIpc) is 3.15. The lowest BCUT2D eigenvalue weighted by Crippen LogP contribution is -2.47. The van der Waals surface area contributed by atoms with Crippen LogP contribution in [0.1, 0.15) is 54.8 Å². The molecule has 2 heterocycles. The van der Waals surface area contributed by atoms with Gasteiger partial charge in [-0.25, -0.2) is 0 Å². The van der Waals surface area contributed by atoms with Crippen LogP contribution in [-0.2, 0) is 16.0 Å². The van der Waals surface area contributed by atoms with E-state index in [-0.39, 0.29) is 29.8 Å². The number of hydrogen-bond acceptors (Lipinski definition) is 3. The van der Waals surface area contributed by atoms with Crippen molar-refractivity contribution in [2.45, 2.75) is 46.6 Å². The molecule has 1 aliphatic heterocycles. The first-order valence-corrected chi connectivity index (χ1v) is 11.4. The van der Waals surface area contributed by atoms with Crippen LogP contribution in [0.4, 0.5) is 0 Å². The first-order chi connectivity index (χ1) is 14.2. The van der Waals surface area contributed by atoms with Gasteiger partial charge >= 0.3 is 0 Å². The summed E-state index contributed by atoms with van der Waals surface area (Å²) < 4.78 is 0. The number of thiophene rings is 1. The fourth-order valence-electron chi connectivity index (χ4n) is 3.92. The highest BCUT2D eigenvalue weighted by molar-refractivity contribution is 7.10. The summed E-state index contributed by atoms with van der Waals surface area (Å²) in [4.78, 5) is 31.2. The van der Waals surface area contributed by atoms with Crippen molar-refractivity contribution in [2.24, 2.45) is 5.41 Å². The van der Waals surface area contributed by atoms with Gasteiger partial charge in [0.1, 0.15) is 6.54 Å². The van der Waals surface area contributed by atoms with Crippen LogP contribution in [0.2, 0.25) is 0 Å². The maximum atomic E-state index is 13.4. The Labute approximate surface area is 184 Å². The molecule has 0 fully saturated rings. The molecule has 0 saturated carbocycles. The highest BCUT2D eigenvalue weighted by atomic mass is 32.1. The Morgan fingerprint density at radius 1 is 1.23 bits per heavy atom. The van der Waals surface area contributed by atoms with Crippen molar-refractivity contribution in [3.63, 3.8) is 0 Å². The molecular formula is C25H32N2O2S. The minimum absolute atomic E-state index is 0.00383. The minimum Gasteiger partial charge on any atom is -0.330 e. The molecule has 0 radical (unpaired) electrons. The number of nitrogens with zero attached hydrogens (tertiary/aromatic N) is 2. The summed E-state index contributed by atoms with van der Waals surface area (Å²) in [6.07, 6.45) is 2.96. The normalized spacial score (nSPS) is 16.1. The van der Waals surface area contributed by atoms with Gasteiger partial charge in [0.2, 0.25) is 11.8 Å². The van der Waals surface area contributed by atoms with Crippen LogP contribution < -0.4 is 0 Å². The van der Waals surface area contributed by atoms with Crippen molar-refractivity contribution in [3.05, 3.63) is 69.9 Å². The molecule has 3 rings (SSSR count). The highest BCUT2D eigenvalue weighted by Gasteiger charge is 2.34. The van der Waals surface area contributed by atoms with E-state index in [1.807, 2.05) is 25.7 Å². The Morgan fingerprint density at radius 3 is 2.57 bits per heavy atom. The molecule has 0 unspecified atom stereocenters. The van der Waals surface area contributed by atoms with E-state index in [9.17, 15) is 9.59 Å². The zero-order chi connectivity index (χ0) is 21.9. The van der Waals surface area contributed by atoms with Crippen LogP contribution in [0, 0.1) is 12.3 Å². The first-order valence-electron chi connectivity index (χ1n) is 10.5. The first kappa shape index (κ1) is 22.3. The van der Waals surface area contributed by atoms with E-state index in [0.717, 1.165) is 12.0 Å². The Balaban J connectivity index is 1.86. The monoisotopic (exact) mass is 424 g/mol. The lowest BCUT2D eigenvalue weighted by atomic mass is 9.91. The molecule has 2 amide bonds. The van der Waals surface area contributed by atoms with Gasteiger partial charge < -0.3 is 9.80 Å². The number of carbonyl (C=O) groups is 2. The second-order valence-corrected chi connectivity index (χ2v) is 10.3. The standard InChI is InChI=1S/C25H32N2O2S/c1-6-13-26(22(28)16-25(3,4)5)17-23(29)27-14-11-21-20(12-15-30-21)24(27)19-9-7-18(2)8-10-19/h6-10,12,15,24H,1,11,13-14,16-17H2,2-5H3/t24-/m1/s1. The second-order valence-electron chi connectivity index (χ2n) is 9.25. The third-order valence-corrected chi connectivity index (χ3v) is 6.39. The van der Waals surface area contributed by atoms with Crippen molar-refractivity contribution in [1.82, 2.24) is 9.80 Å². The van der Waals surface area contributed by atoms with Crippen LogP contribution >= 0.6 is 11.3 Å². The molecule has 1 aromatic heterocycles. The van der Waals surface area contributed by atoms with Gasteiger partial charge in [-0.2, -0.15) is 0 Å². The van der Waals surface area contributed by atoms with Crippen molar-refractivity contribution < 1.29 is 9.59 Å². The van der Waals surface area contributed by atoms with Gasteiger partial charge in [0, 0.05) is 24.4 Å². The van der Waals surface area contributed by atoms with Crippen LogP contribution in [0.5, 0.6) is 0 Å². The molecule has 160 valence electrons. The van der Waals surface area contributed by atoms with Crippen molar-refractivity contribution in [1.29, 1.82) is 0 Å². The van der Waals surface area contributed by atoms with E-state index in [1.165, 1.54) is 16.0 Å². The smallest absolute Gasteiger partial charge is 0.243 e. The summed E-state index contributed by atoms with van der Waals surface area (Å²) in [7, 11) is 0. The van der Waals surface area contributed by atoms with Crippen molar-refractivity contribution in [3.8, 4) is 0 Å². The number of benzene rings is 1. The van der Waals surface area contributed by atoms with Gasteiger partial charge in [0.25, 0.3) is 0 Å². The van der Waals surface area contributed by atoms with E-state index >= 15 is 0 Å². The number of aryl methyl sites for hydroxylation is 1. The Bertz CT molecular complexity index is 908. The van der Waals surface area contributed by atoms with Gasteiger partial charge in [0.15, 0.2) is 0 Å². The zero-order valence-corrected chi connectivity index (χ0v) is 19.3. The maximum Gasteiger partial charge on any atom is 0.243 e. The van der Waals surface area contributed by atoms with Gasteiger partial charge in [-0.05, 0) is 41.3 Å². The summed E-state index contributed by atoms with van der Waals surface area (Å²) in [6.45, 7) is 13.1. The average molecular weight is 425 g/mol. The van der Waals surface area contributed by atoms with Gasteiger partial charge in [-0.15, -0.1) is 17.9 Å². The third-order valence-electron chi connectivity index (χ3n) is 5.39. The Kier molecular flexibility index (Phi) is 6.81. The number of hydrogen-bond donors (Lipinski definition) is 0. The van der Waals surface area contributed by atoms with E-state index in [0.29, 0.717) is 19.5 Å². The fourth-order valence-corrected chi connectivity index (χ4v) is 4.83. The van der Waals surface area contributed by atoms with Crippen LogP contribution in [0.15, 0.2) is 48.4 Å². The minimum atomic E-state index is -0.124. The molecule has 0 spiro atoms. The molecule has 30 heavy (non-hydrogen) atoms. The molecule has 2 aromatic rings. The number of carbonyl (C=O) groups excluding carboxylic acids is 2. The molecule has 1 aromatic carbocycles. The molecule has 1 aliphatic rings. The lowest BCUT2D eigenvalue weighted by Gasteiger charge is -2.37. The predicted octanol–water partition coefficient (Wildman–Crippen LogP) is 4.98. The van der Waals surface area contributed by atoms with Crippen LogP contribution in [0.25, 0.3) is 0 Å². The van der Waals surface area contributed by atoms with E-state index in [4.69, 9.17) is 0 Å². The zero-order valence-electron chi connectivity index (χ0n) is 18.5. The van der Waals surface area contributed by atoms with Crippen molar-refractivity contribution in [2.75, 3.05) is 19.6 Å². The summed E-state index contributed by atoms with van der Waals surface area (Å²) in [5, 5.41) is 2.11. The molecule has 0 N–H and O–H groups in total. The lowest BCUT2D eigenvalue weighted by molar-refractivity contribution is -0.142. The van der Waals surface area contributed by atoms with Gasteiger partial charge in [-0.1, -0.05) is 56.7 Å². The molecule has 0 saturated heterocycles. The fraction of sp³-hybridized carbons (Fsp3) is 0.440. The third kappa shape index (κ3) is 5.20. The molecule has 5 heteroatoms. The quantitative estimate of drug-likeness (QED) is 0.614. The summed E-state index contributed by atoms with van der Waals surface area (Å²) in [5.74, 6) is -0.0163. The Hall–Kier alpha value is -2.40. The number of rotatable bonds is 6. The SMILES string of the molecule is C=CCN(CC(=O)N1CCc2sccc2[C@H]1c1ccc(C)cc1)C(=O)CC(C)(C)C. The molecular weight excluding hydrogens is 392 g/mol. The molecule has 0 aliphatic carbocycles. The summed E-state index contributed by atoms with van der Waals surface area (Å²) in [5.41, 5.74) is 3.40. The van der Waals surface area contributed by atoms with Gasteiger partial charge in [0.05, 0.1) is 6.04 Å². The maximum absolute atomic E-state index is 13.4. The number of amides is 2. The molecule has 4 nitrogen and oxygen atoms in total. The van der Waals surface area contributed by atoms with Crippen LogP contribution in [-0.4, -0.2) is 41.2 Å². The highest BCUT2D eigenvalue weighted by Crippen LogP contribution is 2.38. The second kappa shape index (κ2) is 9.17. The summed E-state index contributed by atoms with van der Waals surface area (Å²) in [6, 6.07) is 10.4. The van der Waals surface area contributed by atoms with E-state index < -0.39 is 0 Å². The predicted molar refractivity (Wildman–Crippen MR) is 124 cm³/mol. The van der Waals surface area contributed by atoms with E-state index in [1.54, 1.807) is 22.3 Å². The summed E-state index contributed by atoms with van der Waals surface area (Å²) >= 11 is 1.76. The van der Waals surface area contributed by atoms with E-state index in [2.05, 4.69) is 49.2 Å². The molecule has 0 bridgehead atoms. The van der Waals surface area contributed by atoms with Gasteiger partial charge in [-0.3, -0.25) is 9.59 Å². The number of fused-ring (bicyclic) bond motifs is 1. The van der Waals surface area contributed by atoms with Crippen LogP contribution in [0.3, 0.4) is 0 Å². The molecule has 1 atom stereocenters. The van der Waals surface area contributed by atoms with Crippen molar-refractivity contribution >= 4 is 23.2 Å². The largest absolute Gasteiger partial charge is 0.330 e. The topological polar surface area (TPSA) is 40.6 Å².